The first-order valence-electron chi connectivity index (χ1n) is 8.37. The Kier molecular flexibility index (Phi) is 7.64. The largest absolute Gasteiger partial charge is 0.458 e. The van der Waals surface area contributed by atoms with Crippen LogP contribution in [0, 0.1) is 0 Å². The first kappa shape index (κ1) is 19.5. The second-order valence-corrected chi connectivity index (χ2v) is 5.80. The predicted octanol–water partition coefficient (Wildman–Crippen LogP) is 2.40. The number of amides is 1. The van der Waals surface area contributed by atoms with Crippen molar-refractivity contribution in [2.24, 2.45) is 0 Å². The lowest BCUT2D eigenvalue weighted by atomic mass is 10.1. The highest BCUT2D eigenvalue weighted by molar-refractivity contribution is 5.79. The van der Waals surface area contributed by atoms with Crippen LogP contribution in [0.1, 0.15) is 11.1 Å². The maximum Gasteiger partial charge on any atom is 0.410 e. The number of aliphatic hydroxyl groups excluding tert-OH is 1. The van der Waals surface area contributed by atoms with Gasteiger partial charge in [0.2, 0.25) is 6.10 Å². The number of aliphatic hydroxyl groups is 1. The molecule has 2 aromatic carbocycles. The minimum absolute atomic E-state index is 0.106. The monoisotopic (exact) mass is 357 g/mol. The average molecular weight is 357 g/mol. The second kappa shape index (κ2) is 10.2. The van der Waals surface area contributed by atoms with Crippen molar-refractivity contribution in [2.75, 3.05) is 20.2 Å². The van der Waals surface area contributed by atoms with E-state index in [2.05, 4.69) is 0 Å². The number of hydrogen-bond acceptors (Lipinski definition) is 5. The fraction of sp³-hybridized carbons (Fsp3) is 0.300. The maximum absolute atomic E-state index is 12.5. The Morgan fingerprint density at radius 3 is 2.15 bits per heavy atom. The highest BCUT2D eigenvalue weighted by Gasteiger charge is 2.26. The van der Waals surface area contributed by atoms with E-state index < -0.39 is 18.2 Å². The molecule has 0 saturated heterocycles. The van der Waals surface area contributed by atoms with Gasteiger partial charge in [-0.05, 0) is 11.1 Å². The molecular weight excluding hydrogens is 334 g/mol. The molecule has 0 spiro atoms. The summed E-state index contributed by atoms with van der Waals surface area (Å²) in [5, 5.41) is 8.93. The Bertz CT molecular complexity index is 690. The van der Waals surface area contributed by atoms with Gasteiger partial charge in [0.1, 0.15) is 6.61 Å². The molecule has 0 fully saturated rings. The van der Waals surface area contributed by atoms with Gasteiger partial charge < -0.3 is 19.5 Å². The number of carbonyl (C=O) groups excluding carboxylic acids is 2. The highest BCUT2D eigenvalue weighted by Crippen LogP contribution is 2.11. The number of rotatable bonds is 8. The van der Waals surface area contributed by atoms with Crippen molar-refractivity contribution in [1.82, 2.24) is 4.90 Å². The summed E-state index contributed by atoms with van der Waals surface area (Å²) in [7, 11) is 1.49. The van der Waals surface area contributed by atoms with E-state index in [0.717, 1.165) is 11.1 Å². The summed E-state index contributed by atoms with van der Waals surface area (Å²) in [6, 6.07) is 18.5. The number of nitrogens with zero attached hydrogens (tertiary/aromatic N) is 1. The molecule has 0 radical (unpaired) electrons. The summed E-state index contributed by atoms with van der Waals surface area (Å²) in [6.07, 6.45) is -1.53. The van der Waals surface area contributed by atoms with Crippen molar-refractivity contribution < 1.29 is 24.2 Å². The van der Waals surface area contributed by atoms with Crippen LogP contribution in [-0.4, -0.2) is 48.4 Å². The molecule has 2 aromatic rings. The molecule has 0 heterocycles. The average Bonchev–Trinajstić information content (AvgIpc) is 2.67. The molecule has 6 heteroatoms. The van der Waals surface area contributed by atoms with E-state index in [4.69, 9.17) is 14.6 Å². The molecule has 1 N–H and O–H groups in total. The molecule has 0 bridgehead atoms. The summed E-state index contributed by atoms with van der Waals surface area (Å²) < 4.78 is 10.6. The molecule has 1 atom stereocenters. The lowest BCUT2D eigenvalue weighted by Crippen LogP contribution is -2.37. The number of hydrogen-bond donors (Lipinski definition) is 1. The molecule has 138 valence electrons. The van der Waals surface area contributed by atoms with Crippen LogP contribution in [0.15, 0.2) is 60.7 Å². The first-order valence-corrected chi connectivity index (χ1v) is 8.37. The SMILES string of the molecule is CN(CCO)C(=O)O[C@@H](Cc1ccccc1)C(=O)OCc1ccccc1. The molecule has 2 rings (SSSR count). The van der Waals surface area contributed by atoms with Gasteiger partial charge in [-0.1, -0.05) is 60.7 Å². The standard InChI is InChI=1S/C20H23NO5/c1-21(12-13-22)20(24)26-18(14-16-8-4-2-5-9-16)19(23)25-15-17-10-6-3-7-11-17/h2-11,18,22H,12-15H2,1H3/t18-/m0/s1. The molecule has 0 saturated carbocycles. The maximum atomic E-state index is 12.5. The summed E-state index contributed by atoms with van der Waals surface area (Å²) in [5.41, 5.74) is 1.70. The molecule has 0 unspecified atom stereocenters. The van der Waals surface area contributed by atoms with Gasteiger partial charge in [-0.2, -0.15) is 0 Å². The van der Waals surface area contributed by atoms with Crippen molar-refractivity contribution in [2.45, 2.75) is 19.1 Å². The van der Waals surface area contributed by atoms with E-state index >= 15 is 0 Å². The number of ether oxygens (including phenoxy) is 2. The van der Waals surface area contributed by atoms with Gasteiger partial charge in [0.15, 0.2) is 0 Å². The van der Waals surface area contributed by atoms with Gasteiger partial charge >= 0.3 is 12.1 Å². The summed E-state index contributed by atoms with van der Waals surface area (Å²) in [6.45, 7) is 0.0400. The van der Waals surface area contributed by atoms with Crippen LogP contribution in [0.25, 0.3) is 0 Å². The summed E-state index contributed by atoms with van der Waals surface area (Å²) in [4.78, 5) is 25.8. The van der Waals surface area contributed by atoms with E-state index in [1.807, 2.05) is 60.7 Å². The van der Waals surface area contributed by atoms with E-state index in [9.17, 15) is 9.59 Å². The number of likely N-dealkylation sites (N-methyl/N-ethyl adjacent to an activating group) is 1. The lowest BCUT2D eigenvalue weighted by Gasteiger charge is -2.21. The van der Waals surface area contributed by atoms with Gasteiger partial charge in [0.25, 0.3) is 0 Å². The molecule has 0 aliphatic carbocycles. The Labute approximate surface area is 153 Å². The highest BCUT2D eigenvalue weighted by atomic mass is 16.6. The Hall–Kier alpha value is -2.86. The minimum Gasteiger partial charge on any atom is -0.458 e. The third-order valence-corrected chi connectivity index (χ3v) is 3.74. The van der Waals surface area contributed by atoms with Gasteiger partial charge in [-0.25, -0.2) is 9.59 Å². The van der Waals surface area contributed by atoms with Gasteiger partial charge in [-0.15, -0.1) is 0 Å². The van der Waals surface area contributed by atoms with Gasteiger partial charge in [-0.3, -0.25) is 0 Å². The normalized spacial score (nSPS) is 11.5. The topological polar surface area (TPSA) is 76.1 Å². The van der Waals surface area contributed by atoms with Gasteiger partial charge in [0, 0.05) is 20.0 Å². The van der Waals surface area contributed by atoms with Crippen molar-refractivity contribution in [1.29, 1.82) is 0 Å². The Morgan fingerprint density at radius 2 is 1.58 bits per heavy atom. The molecule has 26 heavy (non-hydrogen) atoms. The minimum atomic E-state index is -1.06. The van der Waals surface area contributed by atoms with E-state index in [-0.39, 0.29) is 26.2 Å². The lowest BCUT2D eigenvalue weighted by molar-refractivity contribution is -0.155. The van der Waals surface area contributed by atoms with Crippen LogP contribution < -0.4 is 0 Å². The fourth-order valence-corrected chi connectivity index (χ4v) is 2.28. The van der Waals surface area contributed by atoms with Crippen LogP contribution in [0.4, 0.5) is 4.79 Å². The molecule has 1 amide bonds. The molecule has 0 aromatic heterocycles. The van der Waals surface area contributed by atoms with Crippen molar-refractivity contribution in [3.05, 3.63) is 71.8 Å². The Morgan fingerprint density at radius 1 is 1.00 bits per heavy atom. The quantitative estimate of drug-likeness (QED) is 0.734. The summed E-state index contributed by atoms with van der Waals surface area (Å²) >= 11 is 0. The number of benzene rings is 2. The second-order valence-electron chi connectivity index (χ2n) is 5.80. The van der Waals surface area contributed by atoms with Crippen LogP contribution in [-0.2, 0) is 27.3 Å². The van der Waals surface area contributed by atoms with E-state index in [0.29, 0.717) is 0 Å². The zero-order chi connectivity index (χ0) is 18.8. The third-order valence-electron chi connectivity index (χ3n) is 3.74. The third kappa shape index (κ3) is 6.22. The Balaban J connectivity index is 2.03. The zero-order valence-electron chi connectivity index (χ0n) is 14.7. The molecule has 0 aliphatic rings. The van der Waals surface area contributed by atoms with Crippen molar-refractivity contribution in [3.8, 4) is 0 Å². The number of esters is 1. The van der Waals surface area contributed by atoms with Crippen LogP contribution in [0.2, 0.25) is 0 Å². The first-order chi connectivity index (χ1) is 12.6. The van der Waals surface area contributed by atoms with Crippen LogP contribution in [0.5, 0.6) is 0 Å². The van der Waals surface area contributed by atoms with E-state index in [1.165, 1.54) is 11.9 Å². The number of carbonyl (C=O) groups is 2. The smallest absolute Gasteiger partial charge is 0.410 e. The van der Waals surface area contributed by atoms with Crippen molar-refractivity contribution in [3.63, 3.8) is 0 Å². The molecule has 6 nitrogen and oxygen atoms in total. The molecular formula is C20H23NO5. The zero-order valence-corrected chi connectivity index (χ0v) is 14.7. The van der Waals surface area contributed by atoms with E-state index in [1.54, 1.807) is 0 Å². The predicted molar refractivity (Wildman–Crippen MR) is 96.4 cm³/mol. The fourth-order valence-electron chi connectivity index (χ4n) is 2.28. The summed E-state index contributed by atoms with van der Waals surface area (Å²) in [5.74, 6) is -0.608. The van der Waals surface area contributed by atoms with Gasteiger partial charge in [0.05, 0.1) is 6.61 Å². The van der Waals surface area contributed by atoms with Crippen LogP contribution in [0.3, 0.4) is 0 Å². The molecule has 0 aliphatic heterocycles. The van der Waals surface area contributed by atoms with Crippen molar-refractivity contribution >= 4 is 12.1 Å². The van der Waals surface area contributed by atoms with Crippen LogP contribution >= 0.6 is 0 Å².